The number of urea groups is 1. The summed E-state index contributed by atoms with van der Waals surface area (Å²) in [5, 5.41) is 12.0. The van der Waals surface area contributed by atoms with Crippen molar-refractivity contribution in [2.45, 2.75) is 39.3 Å². The van der Waals surface area contributed by atoms with E-state index in [2.05, 4.69) is 21.8 Å². The quantitative estimate of drug-likeness (QED) is 0.782. The van der Waals surface area contributed by atoms with Crippen LogP contribution in [-0.2, 0) is 6.54 Å². The van der Waals surface area contributed by atoms with Crippen LogP contribution in [0.3, 0.4) is 0 Å². The van der Waals surface area contributed by atoms with Crippen LogP contribution in [0.25, 0.3) is 0 Å². The summed E-state index contributed by atoms with van der Waals surface area (Å²) in [6, 6.07) is 0.268. The van der Waals surface area contributed by atoms with Crippen molar-refractivity contribution < 1.29 is 9.90 Å². The molecule has 0 radical (unpaired) electrons. The van der Waals surface area contributed by atoms with E-state index >= 15 is 0 Å². The lowest BCUT2D eigenvalue weighted by molar-refractivity contribution is 0.172. The third-order valence-corrected chi connectivity index (χ3v) is 3.62. The molecule has 6 nitrogen and oxygen atoms in total. The Labute approximate surface area is 119 Å². The second-order valence-electron chi connectivity index (χ2n) is 5.57. The number of nitrogens with zero attached hydrogens (tertiary/aromatic N) is 3. The van der Waals surface area contributed by atoms with Gasteiger partial charge in [-0.05, 0) is 25.7 Å². The van der Waals surface area contributed by atoms with Gasteiger partial charge in [-0.1, -0.05) is 6.92 Å². The predicted octanol–water partition coefficient (Wildman–Crippen LogP) is 0.994. The predicted molar refractivity (Wildman–Crippen MR) is 76.3 cm³/mol. The molecule has 20 heavy (non-hydrogen) atoms. The first-order valence-corrected chi connectivity index (χ1v) is 7.25. The van der Waals surface area contributed by atoms with Crippen molar-refractivity contribution in [3.8, 4) is 0 Å². The molecular weight excluding hydrogens is 256 g/mol. The molecule has 0 aromatic carbocycles. The molecule has 1 atom stereocenters. The summed E-state index contributed by atoms with van der Waals surface area (Å²) in [4.78, 5) is 18.0. The molecule has 1 unspecified atom stereocenters. The van der Waals surface area contributed by atoms with Crippen LogP contribution in [0.1, 0.15) is 25.6 Å². The molecular formula is C14H24N4O2. The maximum Gasteiger partial charge on any atom is 0.317 e. The van der Waals surface area contributed by atoms with Gasteiger partial charge in [-0.15, -0.1) is 0 Å². The normalized spacial score (nSPS) is 15.9. The summed E-state index contributed by atoms with van der Waals surface area (Å²) < 4.78 is 2.09. The number of aromatic nitrogens is 2. The Kier molecular flexibility index (Phi) is 5.00. The number of amides is 2. The minimum absolute atomic E-state index is 0.0215. The first-order valence-electron chi connectivity index (χ1n) is 7.25. The lowest BCUT2D eigenvalue weighted by Crippen LogP contribution is -2.44. The fourth-order valence-corrected chi connectivity index (χ4v) is 2.30. The highest BCUT2D eigenvalue weighted by Gasteiger charge is 2.32. The lowest BCUT2D eigenvalue weighted by atomic mass is 10.2. The van der Waals surface area contributed by atoms with Gasteiger partial charge in [0.2, 0.25) is 0 Å². The van der Waals surface area contributed by atoms with Gasteiger partial charge in [-0.3, -0.25) is 0 Å². The summed E-state index contributed by atoms with van der Waals surface area (Å²) in [6.45, 7) is 5.99. The van der Waals surface area contributed by atoms with Crippen LogP contribution in [0.2, 0.25) is 0 Å². The Morgan fingerprint density at radius 1 is 1.65 bits per heavy atom. The number of rotatable bonds is 7. The zero-order chi connectivity index (χ0) is 14.5. The van der Waals surface area contributed by atoms with Crippen molar-refractivity contribution in [3.63, 3.8) is 0 Å². The van der Waals surface area contributed by atoms with Crippen LogP contribution < -0.4 is 5.32 Å². The summed E-state index contributed by atoms with van der Waals surface area (Å²) in [7, 11) is 0. The van der Waals surface area contributed by atoms with Gasteiger partial charge in [0.25, 0.3) is 0 Å². The molecule has 1 aromatic heterocycles. The van der Waals surface area contributed by atoms with Crippen LogP contribution in [0, 0.1) is 12.8 Å². The van der Waals surface area contributed by atoms with Gasteiger partial charge < -0.3 is 19.9 Å². The molecule has 0 aliphatic heterocycles. The Bertz CT molecular complexity index is 442. The largest absolute Gasteiger partial charge is 0.395 e. The molecule has 0 spiro atoms. The molecule has 1 heterocycles. The van der Waals surface area contributed by atoms with Gasteiger partial charge in [0, 0.05) is 38.1 Å². The molecule has 1 fully saturated rings. The number of hydrogen-bond acceptors (Lipinski definition) is 3. The minimum Gasteiger partial charge on any atom is -0.395 e. The number of aliphatic hydroxyl groups is 1. The summed E-state index contributed by atoms with van der Waals surface area (Å²) in [5.41, 5.74) is 0. The molecule has 2 amide bonds. The van der Waals surface area contributed by atoms with Crippen LogP contribution in [0.15, 0.2) is 12.4 Å². The van der Waals surface area contributed by atoms with Crippen molar-refractivity contribution in [1.82, 2.24) is 19.8 Å². The van der Waals surface area contributed by atoms with Crippen molar-refractivity contribution in [3.05, 3.63) is 18.2 Å². The van der Waals surface area contributed by atoms with E-state index in [1.54, 1.807) is 11.1 Å². The maximum atomic E-state index is 12.1. The van der Waals surface area contributed by atoms with E-state index in [9.17, 15) is 4.79 Å². The fraction of sp³-hybridized carbons (Fsp3) is 0.714. The Morgan fingerprint density at radius 3 is 2.95 bits per heavy atom. The van der Waals surface area contributed by atoms with Crippen molar-refractivity contribution in [2.75, 3.05) is 19.7 Å². The molecule has 0 saturated heterocycles. The van der Waals surface area contributed by atoms with E-state index in [0.29, 0.717) is 25.0 Å². The number of carbonyl (C=O) groups is 1. The van der Waals surface area contributed by atoms with E-state index in [-0.39, 0.29) is 12.6 Å². The first-order chi connectivity index (χ1) is 9.61. The molecule has 2 N–H and O–H groups in total. The molecule has 0 bridgehead atoms. The second-order valence-corrected chi connectivity index (χ2v) is 5.57. The average molecular weight is 280 g/mol. The molecule has 2 rings (SSSR count). The number of aliphatic hydroxyl groups excluding tert-OH is 1. The standard InChI is InChI=1S/C14H24N4O2/c1-11(10-17-6-5-15-12(17)2)9-16-14(20)18(7-8-19)13-3-4-13/h5-6,11,13,19H,3-4,7-10H2,1-2H3,(H,16,20). The number of imidazole rings is 1. The van der Waals surface area contributed by atoms with Crippen LogP contribution in [-0.4, -0.2) is 51.3 Å². The number of hydrogen-bond donors (Lipinski definition) is 2. The minimum atomic E-state index is -0.0595. The topological polar surface area (TPSA) is 70.4 Å². The molecule has 1 aromatic rings. The maximum absolute atomic E-state index is 12.1. The Balaban J connectivity index is 1.76. The van der Waals surface area contributed by atoms with Gasteiger partial charge in [0.05, 0.1) is 6.61 Å². The summed E-state index contributed by atoms with van der Waals surface area (Å²) >= 11 is 0. The highest BCUT2D eigenvalue weighted by Crippen LogP contribution is 2.26. The van der Waals surface area contributed by atoms with E-state index in [1.165, 1.54) is 0 Å². The van der Waals surface area contributed by atoms with Crippen LogP contribution in [0.4, 0.5) is 4.79 Å². The van der Waals surface area contributed by atoms with E-state index < -0.39 is 0 Å². The monoisotopic (exact) mass is 280 g/mol. The highest BCUT2D eigenvalue weighted by molar-refractivity contribution is 5.74. The number of carbonyl (C=O) groups excluding carboxylic acids is 1. The van der Waals surface area contributed by atoms with Crippen LogP contribution >= 0.6 is 0 Å². The fourth-order valence-electron chi connectivity index (χ4n) is 2.30. The third kappa shape index (κ3) is 3.96. The van der Waals surface area contributed by atoms with Gasteiger partial charge in [-0.2, -0.15) is 0 Å². The van der Waals surface area contributed by atoms with Gasteiger partial charge in [-0.25, -0.2) is 9.78 Å². The second kappa shape index (κ2) is 6.74. The third-order valence-electron chi connectivity index (χ3n) is 3.62. The molecule has 6 heteroatoms. The zero-order valence-corrected chi connectivity index (χ0v) is 12.2. The lowest BCUT2D eigenvalue weighted by Gasteiger charge is -2.23. The Morgan fingerprint density at radius 2 is 2.40 bits per heavy atom. The van der Waals surface area contributed by atoms with Gasteiger partial charge in [0.15, 0.2) is 0 Å². The van der Waals surface area contributed by atoms with Crippen molar-refractivity contribution >= 4 is 6.03 Å². The van der Waals surface area contributed by atoms with Gasteiger partial charge >= 0.3 is 6.03 Å². The molecule has 1 aliphatic carbocycles. The smallest absolute Gasteiger partial charge is 0.317 e. The molecule has 1 saturated carbocycles. The summed E-state index contributed by atoms with van der Waals surface area (Å²) in [6.07, 6.45) is 5.85. The number of aryl methyl sites for hydroxylation is 1. The molecule has 1 aliphatic rings. The molecule has 112 valence electrons. The van der Waals surface area contributed by atoms with E-state index in [1.807, 2.05) is 13.1 Å². The van der Waals surface area contributed by atoms with Crippen molar-refractivity contribution in [2.24, 2.45) is 5.92 Å². The SMILES string of the molecule is Cc1nccn1CC(C)CNC(=O)N(CCO)C1CC1. The highest BCUT2D eigenvalue weighted by atomic mass is 16.3. The first kappa shape index (κ1) is 14.8. The van der Waals surface area contributed by atoms with E-state index in [4.69, 9.17) is 5.11 Å². The zero-order valence-electron chi connectivity index (χ0n) is 12.2. The van der Waals surface area contributed by atoms with E-state index in [0.717, 1.165) is 25.2 Å². The van der Waals surface area contributed by atoms with Crippen LogP contribution in [0.5, 0.6) is 0 Å². The van der Waals surface area contributed by atoms with Crippen molar-refractivity contribution in [1.29, 1.82) is 0 Å². The number of nitrogens with one attached hydrogen (secondary N) is 1. The summed E-state index contributed by atoms with van der Waals surface area (Å²) in [5.74, 6) is 1.32. The Hall–Kier alpha value is -1.56. The average Bonchev–Trinajstić information content (AvgIpc) is 3.18. The van der Waals surface area contributed by atoms with Gasteiger partial charge in [0.1, 0.15) is 5.82 Å².